The molecule has 0 radical (unpaired) electrons. The quantitative estimate of drug-likeness (QED) is 0.494. The van der Waals surface area contributed by atoms with Crippen LogP contribution >= 0.6 is 11.6 Å². The molecular formula is C8H8ClNaO4S. The summed E-state index contributed by atoms with van der Waals surface area (Å²) >= 11 is 3.32. The van der Waals surface area contributed by atoms with Gasteiger partial charge in [0, 0.05) is 17.0 Å². The van der Waals surface area contributed by atoms with Crippen molar-refractivity contribution in [3.63, 3.8) is 0 Å². The van der Waals surface area contributed by atoms with E-state index in [0.29, 0.717) is 11.5 Å². The summed E-state index contributed by atoms with van der Waals surface area (Å²) in [5.41, 5.74) is 0. The van der Waals surface area contributed by atoms with Crippen molar-refractivity contribution in [2.75, 3.05) is 14.2 Å². The van der Waals surface area contributed by atoms with Gasteiger partial charge in [-0.05, 0) is 11.1 Å². The number of benzene rings is 1. The van der Waals surface area contributed by atoms with E-state index in [1.54, 1.807) is 0 Å². The zero-order valence-corrected chi connectivity index (χ0v) is 12.1. The topological polar surface area (TPSA) is 58.6 Å². The largest absolute Gasteiger partial charge is 1.00 e. The van der Waals surface area contributed by atoms with E-state index in [2.05, 4.69) is 0 Å². The van der Waals surface area contributed by atoms with Crippen LogP contribution in [-0.2, 0) is 11.1 Å². The summed E-state index contributed by atoms with van der Waals surface area (Å²) in [7, 11) is 2.87. The predicted octanol–water partition coefficient (Wildman–Crippen LogP) is -1.40. The molecule has 0 amide bonds. The third kappa shape index (κ3) is 3.62. The molecule has 1 aromatic carbocycles. The van der Waals surface area contributed by atoms with E-state index in [0.717, 1.165) is 0 Å². The zero-order chi connectivity index (χ0) is 10.7. The van der Waals surface area contributed by atoms with Crippen LogP contribution in [0.1, 0.15) is 0 Å². The molecule has 0 saturated heterocycles. The van der Waals surface area contributed by atoms with Crippen molar-refractivity contribution in [1.82, 2.24) is 0 Å². The molecule has 1 atom stereocenters. The molecule has 0 heterocycles. The first-order valence-electron chi connectivity index (χ1n) is 3.61. The van der Waals surface area contributed by atoms with E-state index in [1.807, 2.05) is 0 Å². The molecule has 0 aromatic heterocycles. The molecule has 0 spiro atoms. The summed E-state index contributed by atoms with van der Waals surface area (Å²) in [5, 5.41) is 0.107. The number of methoxy groups -OCH3 is 2. The zero-order valence-electron chi connectivity index (χ0n) is 8.57. The molecule has 1 unspecified atom stereocenters. The first kappa shape index (κ1) is 15.2. The van der Waals surface area contributed by atoms with Gasteiger partial charge in [0.15, 0.2) is 11.5 Å². The summed E-state index contributed by atoms with van der Waals surface area (Å²) in [6.45, 7) is 0. The van der Waals surface area contributed by atoms with Crippen molar-refractivity contribution < 1.29 is 47.8 Å². The summed E-state index contributed by atoms with van der Waals surface area (Å²) in [6.07, 6.45) is 0. The van der Waals surface area contributed by atoms with Gasteiger partial charge in [0.25, 0.3) is 0 Å². The van der Waals surface area contributed by atoms with Crippen molar-refractivity contribution in [3.8, 4) is 11.5 Å². The average Bonchev–Trinajstić information content (AvgIpc) is 2.16. The third-order valence-corrected chi connectivity index (χ3v) is 2.74. The Balaban J connectivity index is 0.00000196. The molecular weight excluding hydrogens is 251 g/mol. The molecule has 0 saturated carbocycles. The molecule has 4 nitrogen and oxygen atoms in total. The molecule has 78 valence electrons. The van der Waals surface area contributed by atoms with Gasteiger partial charge in [-0.25, -0.2) is 0 Å². The van der Waals surface area contributed by atoms with Gasteiger partial charge in [0.05, 0.1) is 19.2 Å². The molecule has 0 N–H and O–H groups in total. The Bertz CT molecular complexity index is 372. The van der Waals surface area contributed by atoms with Crippen LogP contribution in [0.5, 0.6) is 11.5 Å². The minimum absolute atomic E-state index is 0. The van der Waals surface area contributed by atoms with Crippen LogP contribution in [-0.4, -0.2) is 23.0 Å². The van der Waals surface area contributed by atoms with Gasteiger partial charge in [-0.15, -0.1) is 0 Å². The molecule has 1 aromatic rings. The Morgan fingerprint density at radius 1 is 1.27 bits per heavy atom. The molecule has 0 aliphatic rings. The van der Waals surface area contributed by atoms with E-state index >= 15 is 0 Å². The number of hydrogen-bond donors (Lipinski definition) is 0. The van der Waals surface area contributed by atoms with Crippen LogP contribution in [0.3, 0.4) is 0 Å². The maximum atomic E-state index is 10.7. The number of halogens is 1. The van der Waals surface area contributed by atoms with Gasteiger partial charge in [0.2, 0.25) is 0 Å². The molecule has 0 aliphatic heterocycles. The fraction of sp³-hybridized carbons (Fsp3) is 0.250. The van der Waals surface area contributed by atoms with Crippen molar-refractivity contribution in [1.29, 1.82) is 0 Å². The molecule has 7 heteroatoms. The second kappa shape index (κ2) is 6.73. The van der Waals surface area contributed by atoms with Crippen molar-refractivity contribution in [2.24, 2.45) is 0 Å². The SMILES string of the molecule is COc1cc(Cl)c(S(=O)[O-])cc1OC.[Na+]. The summed E-state index contributed by atoms with van der Waals surface area (Å²) in [6, 6.07) is 2.70. The molecule has 15 heavy (non-hydrogen) atoms. The van der Waals surface area contributed by atoms with E-state index in [9.17, 15) is 8.76 Å². The smallest absolute Gasteiger partial charge is 0.768 e. The average molecular weight is 259 g/mol. The Labute approximate surface area is 117 Å². The summed E-state index contributed by atoms with van der Waals surface area (Å²) in [4.78, 5) is -0.00989. The van der Waals surface area contributed by atoms with Gasteiger partial charge in [-0.1, -0.05) is 11.6 Å². The minimum atomic E-state index is -2.38. The van der Waals surface area contributed by atoms with Crippen molar-refractivity contribution in [3.05, 3.63) is 17.2 Å². The molecule has 0 fully saturated rings. The number of ether oxygens (including phenoxy) is 2. The summed E-state index contributed by atoms with van der Waals surface area (Å²) in [5.74, 6) is 0.725. The van der Waals surface area contributed by atoms with Crippen LogP contribution in [0, 0.1) is 0 Å². The first-order valence-corrected chi connectivity index (χ1v) is 5.06. The molecule has 0 aliphatic carbocycles. The van der Waals surface area contributed by atoms with Crippen molar-refractivity contribution >= 4 is 22.7 Å². The van der Waals surface area contributed by atoms with E-state index in [1.165, 1.54) is 26.4 Å². The van der Waals surface area contributed by atoms with Gasteiger partial charge in [-0.3, -0.25) is 4.21 Å². The Morgan fingerprint density at radius 2 is 1.73 bits per heavy atom. The second-order valence-electron chi connectivity index (χ2n) is 2.37. The normalized spacial score (nSPS) is 11.5. The van der Waals surface area contributed by atoms with Crippen LogP contribution in [0.15, 0.2) is 17.0 Å². The third-order valence-electron chi connectivity index (χ3n) is 1.62. The van der Waals surface area contributed by atoms with Gasteiger partial charge < -0.3 is 14.0 Å². The monoisotopic (exact) mass is 258 g/mol. The van der Waals surface area contributed by atoms with Crippen molar-refractivity contribution in [2.45, 2.75) is 4.90 Å². The maximum Gasteiger partial charge on any atom is 1.00 e. The van der Waals surface area contributed by atoms with Crippen LogP contribution in [0.2, 0.25) is 5.02 Å². The Hall–Kier alpha value is 0.220. The van der Waals surface area contributed by atoms with Gasteiger partial charge in [0.1, 0.15) is 0 Å². The summed E-state index contributed by atoms with van der Waals surface area (Å²) < 4.78 is 31.3. The molecule has 1 rings (SSSR count). The number of rotatable bonds is 3. The van der Waals surface area contributed by atoms with Crippen LogP contribution in [0.25, 0.3) is 0 Å². The van der Waals surface area contributed by atoms with E-state index < -0.39 is 11.1 Å². The molecule has 0 bridgehead atoms. The predicted molar refractivity (Wildman–Crippen MR) is 51.7 cm³/mol. The van der Waals surface area contributed by atoms with Gasteiger partial charge in [-0.2, -0.15) is 0 Å². The Morgan fingerprint density at radius 3 is 2.13 bits per heavy atom. The van der Waals surface area contributed by atoms with E-state index in [-0.39, 0.29) is 39.5 Å². The standard InChI is InChI=1S/C8H9ClO4S.Na/c1-12-6-3-5(9)8(14(10)11)4-7(6)13-2;/h3-4H,1-2H3,(H,10,11);/q;+1/p-1. The Kier molecular flexibility index (Phi) is 6.83. The fourth-order valence-corrected chi connectivity index (χ4v) is 1.73. The minimum Gasteiger partial charge on any atom is -0.768 e. The number of hydrogen-bond acceptors (Lipinski definition) is 4. The van der Waals surface area contributed by atoms with E-state index in [4.69, 9.17) is 21.1 Å². The second-order valence-corrected chi connectivity index (χ2v) is 3.69. The first-order chi connectivity index (χ1) is 6.60. The fourth-order valence-electron chi connectivity index (χ4n) is 0.963. The van der Waals surface area contributed by atoms with Gasteiger partial charge >= 0.3 is 29.6 Å². The van der Waals surface area contributed by atoms with Crippen LogP contribution < -0.4 is 39.0 Å². The van der Waals surface area contributed by atoms with Crippen LogP contribution in [0.4, 0.5) is 0 Å². The maximum absolute atomic E-state index is 10.7.